The van der Waals surface area contributed by atoms with Crippen molar-refractivity contribution in [3.8, 4) is 0 Å². The summed E-state index contributed by atoms with van der Waals surface area (Å²) in [6, 6.07) is 0. The molecule has 0 aromatic heterocycles. The number of fused-ring (bicyclic) bond motifs is 6. The number of hydrogen-bond donors (Lipinski definition) is 2. The van der Waals surface area contributed by atoms with Crippen molar-refractivity contribution in [1.82, 2.24) is 0 Å². The summed E-state index contributed by atoms with van der Waals surface area (Å²) < 4.78 is 12.3. The first kappa shape index (κ1) is 42.0. The molecule has 0 bridgehead atoms. The lowest BCUT2D eigenvalue weighted by Gasteiger charge is -2.57. The second-order valence-corrected chi connectivity index (χ2v) is 22.0. The third-order valence-corrected chi connectivity index (χ3v) is 17.9. The minimum absolute atomic E-state index is 0.00997. The number of esters is 2. The quantitative estimate of drug-likeness (QED) is 0.227. The van der Waals surface area contributed by atoms with Gasteiger partial charge in [-0.15, -0.1) is 0 Å². The molecule has 6 heteroatoms. The van der Waals surface area contributed by atoms with Crippen molar-refractivity contribution >= 4 is 11.9 Å². The minimum Gasteiger partial charge on any atom is -0.462 e. The van der Waals surface area contributed by atoms with E-state index < -0.39 is 22.0 Å². The van der Waals surface area contributed by atoms with Gasteiger partial charge < -0.3 is 19.7 Å². The summed E-state index contributed by atoms with van der Waals surface area (Å²) in [7, 11) is 0. The van der Waals surface area contributed by atoms with Gasteiger partial charge in [0.2, 0.25) is 0 Å². The summed E-state index contributed by atoms with van der Waals surface area (Å²) in [5.41, 5.74) is 2.69. The van der Waals surface area contributed by atoms with Crippen molar-refractivity contribution in [3.05, 3.63) is 46.6 Å². The number of hydrogen-bond acceptors (Lipinski definition) is 6. The van der Waals surface area contributed by atoms with Crippen LogP contribution in [0.2, 0.25) is 0 Å². The molecule has 7 aliphatic carbocycles. The van der Waals surface area contributed by atoms with Gasteiger partial charge in [0.15, 0.2) is 0 Å². The number of carbonyl (C=O) groups is 2. The molecular weight excluding hydrogens is 697 g/mol. The van der Waals surface area contributed by atoms with Gasteiger partial charge in [-0.2, -0.15) is 0 Å². The fourth-order valence-corrected chi connectivity index (χ4v) is 14.0. The Morgan fingerprint density at radius 2 is 1.16 bits per heavy atom. The van der Waals surface area contributed by atoms with E-state index in [1.165, 1.54) is 11.1 Å². The molecule has 0 aliphatic heterocycles. The highest BCUT2D eigenvalue weighted by atomic mass is 16.5. The number of ether oxygens (including phenoxy) is 2. The summed E-state index contributed by atoms with van der Waals surface area (Å²) in [5.74, 6) is 2.09. The molecule has 0 saturated heterocycles. The summed E-state index contributed by atoms with van der Waals surface area (Å²) >= 11 is 0. The molecule has 0 spiro atoms. The van der Waals surface area contributed by atoms with E-state index in [0.29, 0.717) is 49.4 Å². The molecule has 0 aromatic rings. The highest BCUT2D eigenvalue weighted by molar-refractivity contribution is 5.78. The summed E-state index contributed by atoms with van der Waals surface area (Å²) in [6.45, 7) is 20.0. The van der Waals surface area contributed by atoms with Gasteiger partial charge in [-0.05, 0) is 174 Å². The van der Waals surface area contributed by atoms with Crippen molar-refractivity contribution in [1.29, 1.82) is 0 Å². The molecule has 3 saturated carbocycles. The Morgan fingerprint density at radius 1 is 0.714 bits per heavy atom. The molecule has 9 atom stereocenters. The van der Waals surface area contributed by atoms with E-state index in [1.54, 1.807) is 18.1 Å². The van der Waals surface area contributed by atoms with E-state index in [0.717, 1.165) is 77.0 Å². The third kappa shape index (κ3) is 7.26. The average molecular weight is 773 g/mol. The Morgan fingerprint density at radius 3 is 1.61 bits per heavy atom. The van der Waals surface area contributed by atoms with Gasteiger partial charge in [0.25, 0.3) is 0 Å². The maximum absolute atomic E-state index is 14.1. The normalized spacial score (nSPS) is 42.1. The average Bonchev–Trinajstić information content (AvgIpc) is 3.15. The first-order valence-electron chi connectivity index (χ1n) is 22.9. The Hall–Kier alpha value is -2.18. The maximum atomic E-state index is 14.1. The second kappa shape index (κ2) is 15.1. The SMILES string of the molecule is CC(C)C1=CC2=CCC3C(C)(C(=O)OCC4(O)CCC(C(C)(O)COC(=O)C5(C)CCCC6(C)C7CCC(C(C)C)=CC7=CCC56)CC4)CCCC3(C)C2CC1. The summed E-state index contributed by atoms with van der Waals surface area (Å²) in [6.07, 6.45) is 24.1. The van der Waals surface area contributed by atoms with Crippen molar-refractivity contribution in [2.24, 2.45) is 63.1 Å². The van der Waals surface area contributed by atoms with E-state index in [9.17, 15) is 19.8 Å². The fourth-order valence-electron chi connectivity index (χ4n) is 14.0. The van der Waals surface area contributed by atoms with Crippen molar-refractivity contribution in [2.45, 2.75) is 176 Å². The van der Waals surface area contributed by atoms with Crippen LogP contribution >= 0.6 is 0 Å². The van der Waals surface area contributed by atoms with Crippen LogP contribution in [-0.4, -0.2) is 46.6 Å². The molecule has 3 fully saturated rings. The van der Waals surface area contributed by atoms with Crippen LogP contribution in [0.1, 0.15) is 165 Å². The van der Waals surface area contributed by atoms with Gasteiger partial charge >= 0.3 is 11.9 Å². The van der Waals surface area contributed by atoms with E-state index in [-0.39, 0.29) is 53.7 Å². The molecule has 56 heavy (non-hydrogen) atoms. The van der Waals surface area contributed by atoms with Gasteiger partial charge in [-0.3, -0.25) is 9.59 Å². The first-order chi connectivity index (χ1) is 26.3. The van der Waals surface area contributed by atoms with Crippen LogP contribution in [0.4, 0.5) is 0 Å². The zero-order valence-corrected chi connectivity index (χ0v) is 36.6. The predicted octanol–water partition coefficient (Wildman–Crippen LogP) is 11.0. The molecule has 7 rings (SSSR count). The van der Waals surface area contributed by atoms with E-state index in [2.05, 4.69) is 79.7 Å². The Balaban J connectivity index is 0.934. The van der Waals surface area contributed by atoms with Gasteiger partial charge in [-0.1, -0.05) is 89.8 Å². The Bertz CT molecular complexity index is 1650. The summed E-state index contributed by atoms with van der Waals surface area (Å²) in [5, 5.41) is 23.5. The molecule has 2 N–H and O–H groups in total. The highest BCUT2D eigenvalue weighted by Gasteiger charge is 2.59. The molecule has 6 nitrogen and oxygen atoms in total. The lowest BCUT2D eigenvalue weighted by atomic mass is 9.47. The Kier molecular flexibility index (Phi) is 11.3. The molecule has 7 aliphatic rings. The van der Waals surface area contributed by atoms with Crippen LogP contribution in [0.5, 0.6) is 0 Å². The number of carbonyl (C=O) groups excluding carboxylic acids is 2. The van der Waals surface area contributed by atoms with Crippen LogP contribution in [0.15, 0.2) is 46.6 Å². The number of aliphatic hydroxyl groups is 2. The number of rotatable bonds is 9. The van der Waals surface area contributed by atoms with E-state index in [4.69, 9.17) is 9.47 Å². The molecule has 0 radical (unpaired) electrons. The van der Waals surface area contributed by atoms with E-state index >= 15 is 0 Å². The zero-order chi connectivity index (χ0) is 40.5. The molecular formula is C50H76O6. The van der Waals surface area contributed by atoms with Crippen molar-refractivity contribution in [2.75, 3.05) is 13.2 Å². The van der Waals surface area contributed by atoms with Gasteiger partial charge in [0.1, 0.15) is 13.2 Å². The van der Waals surface area contributed by atoms with Crippen molar-refractivity contribution in [3.63, 3.8) is 0 Å². The lowest BCUT2D eigenvalue weighted by molar-refractivity contribution is -0.183. The monoisotopic (exact) mass is 773 g/mol. The van der Waals surface area contributed by atoms with Crippen LogP contribution < -0.4 is 0 Å². The molecule has 312 valence electrons. The summed E-state index contributed by atoms with van der Waals surface area (Å²) in [4.78, 5) is 28.2. The smallest absolute Gasteiger partial charge is 0.312 e. The topological polar surface area (TPSA) is 93.1 Å². The minimum atomic E-state index is -1.21. The first-order valence-corrected chi connectivity index (χ1v) is 22.9. The van der Waals surface area contributed by atoms with Gasteiger partial charge in [-0.25, -0.2) is 0 Å². The van der Waals surface area contributed by atoms with Gasteiger partial charge in [0, 0.05) is 0 Å². The number of allylic oxidation sites excluding steroid dienone is 8. The zero-order valence-electron chi connectivity index (χ0n) is 36.6. The standard InChI is InChI=1S/C50H76O6/c1-32(2)34-12-16-39-36(28-34)14-18-41-45(39,5)22-10-24-47(41,7)43(51)55-30-49(9,53)38-20-26-50(54,27-21-38)31-56-44(52)48(8)25-11-23-46(6)40-17-13-35(33(3)4)29-37(40)15-19-42(46)48/h14-15,28-29,32-33,38-42,53-54H,10-13,16-27,30-31H2,1-9H3. The van der Waals surface area contributed by atoms with Crippen molar-refractivity contribution < 1.29 is 29.3 Å². The highest BCUT2D eigenvalue weighted by Crippen LogP contribution is 2.64. The third-order valence-electron chi connectivity index (χ3n) is 17.9. The van der Waals surface area contributed by atoms with Crippen LogP contribution in [0.25, 0.3) is 0 Å². The Labute approximate surface area is 339 Å². The second-order valence-electron chi connectivity index (χ2n) is 22.0. The fraction of sp³-hybridized carbons (Fsp3) is 0.800. The van der Waals surface area contributed by atoms with Crippen LogP contribution in [-0.2, 0) is 19.1 Å². The van der Waals surface area contributed by atoms with E-state index in [1.807, 2.05) is 0 Å². The molecule has 0 amide bonds. The molecule has 0 aromatic carbocycles. The molecule has 0 heterocycles. The van der Waals surface area contributed by atoms with Crippen LogP contribution in [0, 0.1) is 63.1 Å². The van der Waals surface area contributed by atoms with Gasteiger partial charge in [0.05, 0.1) is 22.0 Å². The largest absolute Gasteiger partial charge is 0.462 e. The lowest BCUT2D eigenvalue weighted by Crippen LogP contribution is -2.54. The molecule has 9 unspecified atom stereocenters. The van der Waals surface area contributed by atoms with Crippen LogP contribution in [0.3, 0.4) is 0 Å². The maximum Gasteiger partial charge on any atom is 0.312 e. The predicted molar refractivity (Wildman–Crippen MR) is 223 cm³/mol.